The highest BCUT2D eigenvalue weighted by Gasteiger charge is 1.91. The van der Waals surface area contributed by atoms with Crippen LogP contribution in [0, 0.1) is 0 Å². The summed E-state index contributed by atoms with van der Waals surface area (Å²) in [5, 5.41) is 10.1. The fourth-order valence-corrected chi connectivity index (χ4v) is 0.999. The van der Waals surface area contributed by atoms with E-state index >= 15 is 0 Å². The van der Waals surface area contributed by atoms with Gasteiger partial charge in [0.05, 0.1) is 0 Å². The topological polar surface area (TPSA) is 66.7 Å². The molecule has 4 nitrogen and oxygen atoms in total. The SMILES string of the molecule is NCCCNCCc1ccn[nH]1. The predicted octanol–water partition coefficient (Wildman–Crippen LogP) is -0.109. The van der Waals surface area contributed by atoms with Crippen LogP contribution in [-0.4, -0.2) is 29.8 Å². The van der Waals surface area contributed by atoms with Gasteiger partial charge in [0.15, 0.2) is 0 Å². The second-order valence-electron chi connectivity index (χ2n) is 2.72. The number of hydrogen-bond acceptors (Lipinski definition) is 3. The van der Waals surface area contributed by atoms with Gasteiger partial charge < -0.3 is 11.1 Å². The molecule has 0 amide bonds. The molecule has 12 heavy (non-hydrogen) atoms. The zero-order chi connectivity index (χ0) is 8.65. The Bertz CT molecular complexity index is 183. The average Bonchev–Trinajstić information content (AvgIpc) is 2.57. The van der Waals surface area contributed by atoms with Crippen LogP contribution in [0.2, 0.25) is 0 Å². The van der Waals surface area contributed by atoms with Crippen molar-refractivity contribution < 1.29 is 0 Å². The van der Waals surface area contributed by atoms with Gasteiger partial charge in [-0.05, 0) is 25.6 Å². The summed E-state index contributed by atoms with van der Waals surface area (Å²) < 4.78 is 0. The molecular formula is C8H16N4. The Morgan fingerprint density at radius 2 is 2.42 bits per heavy atom. The van der Waals surface area contributed by atoms with Crippen LogP contribution in [0.5, 0.6) is 0 Å². The maximum Gasteiger partial charge on any atom is 0.0490 e. The lowest BCUT2D eigenvalue weighted by atomic mass is 10.3. The van der Waals surface area contributed by atoms with Crippen LogP contribution in [0.15, 0.2) is 12.3 Å². The summed E-state index contributed by atoms with van der Waals surface area (Å²) in [6, 6.07) is 1.99. The number of hydrogen-bond donors (Lipinski definition) is 3. The maximum atomic E-state index is 5.35. The van der Waals surface area contributed by atoms with Gasteiger partial charge in [0.2, 0.25) is 0 Å². The molecule has 0 aromatic carbocycles. The molecule has 0 aliphatic heterocycles. The van der Waals surface area contributed by atoms with Crippen LogP contribution >= 0.6 is 0 Å². The molecule has 0 aliphatic carbocycles. The molecule has 4 N–H and O–H groups in total. The maximum absolute atomic E-state index is 5.35. The Balaban J connectivity index is 1.96. The molecule has 0 aliphatic rings. The largest absolute Gasteiger partial charge is 0.330 e. The van der Waals surface area contributed by atoms with E-state index in [1.807, 2.05) is 6.07 Å². The van der Waals surface area contributed by atoms with Crippen molar-refractivity contribution in [2.75, 3.05) is 19.6 Å². The van der Waals surface area contributed by atoms with E-state index in [1.54, 1.807) is 6.20 Å². The molecule has 0 bridgehead atoms. The van der Waals surface area contributed by atoms with Crippen molar-refractivity contribution in [3.63, 3.8) is 0 Å². The Labute approximate surface area is 72.5 Å². The van der Waals surface area contributed by atoms with Crippen molar-refractivity contribution in [3.05, 3.63) is 18.0 Å². The number of nitrogens with one attached hydrogen (secondary N) is 2. The zero-order valence-corrected chi connectivity index (χ0v) is 7.21. The highest BCUT2D eigenvalue weighted by Crippen LogP contribution is 1.90. The van der Waals surface area contributed by atoms with Gasteiger partial charge in [0.1, 0.15) is 0 Å². The molecule has 1 heterocycles. The molecule has 0 spiro atoms. The van der Waals surface area contributed by atoms with Crippen molar-refractivity contribution >= 4 is 0 Å². The van der Waals surface area contributed by atoms with E-state index in [4.69, 9.17) is 5.73 Å². The number of aromatic nitrogens is 2. The predicted molar refractivity (Wildman–Crippen MR) is 48.8 cm³/mol. The van der Waals surface area contributed by atoms with E-state index < -0.39 is 0 Å². The third-order valence-corrected chi connectivity index (χ3v) is 1.69. The number of nitrogens with zero attached hydrogens (tertiary/aromatic N) is 1. The van der Waals surface area contributed by atoms with Crippen LogP contribution < -0.4 is 11.1 Å². The summed E-state index contributed by atoms with van der Waals surface area (Å²) in [5.41, 5.74) is 6.53. The second-order valence-corrected chi connectivity index (χ2v) is 2.72. The highest BCUT2D eigenvalue weighted by molar-refractivity contribution is 4.97. The summed E-state index contributed by atoms with van der Waals surface area (Å²) in [6.07, 6.45) is 3.82. The second kappa shape index (κ2) is 5.74. The van der Waals surface area contributed by atoms with Gasteiger partial charge in [-0.25, -0.2) is 0 Å². The number of H-pyrrole nitrogens is 1. The molecule has 0 fully saturated rings. The van der Waals surface area contributed by atoms with Gasteiger partial charge in [-0.1, -0.05) is 0 Å². The highest BCUT2D eigenvalue weighted by atomic mass is 15.1. The summed E-state index contributed by atoms with van der Waals surface area (Å²) in [5.74, 6) is 0. The fourth-order valence-electron chi connectivity index (χ4n) is 0.999. The van der Waals surface area contributed by atoms with Crippen LogP contribution in [0.3, 0.4) is 0 Å². The van der Waals surface area contributed by atoms with E-state index in [0.29, 0.717) is 0 Å². The minimum absolute atomic E-state index is 0.761. The number of aromatic amines is 1. The molecule has 1 rings (SSSR count). The number of nitrogens with two attached hydrogens (primary N) is 1. The molecule has 0 radical (unpaired) electrons. The van der Waals surface area contributed by atoms with Gasteiger partial charge in [-0.15, -0.1) is 0 Å². The van der Waals surface area contributed by atoms with Crippen molar-refractivity contribution in [3.8, 4) is 0 Å². The molecule has 1 aromatic heterocycles. The van der Waals surface area contributed by atoms with Crippen LogP contribution in [0.25, 0.3) is 0 Å². The van der Waals surface area contributed by atoms with Crippen molar-refractivity contribution in [2.24, 2.45) is 5.73 Å². The molecule has 0 atom stereocenters. The first-order valence-electron chi connectivity index (χ1n) is 4.32. The molecule has 0 saturated heterocycles. The van der Waals surface area contributed by atoms with Gasteiger partial charge in [0, 0.05) is 24.9 Å². The van der Waals surface area contributed by atoms with Gasteiger partial charge in [0.25, 0.3) is 0 Å². The normalized spacial score (nSPS) is 10.4. The minimum atomic E-state index is 0.761. The molecule has 4 heteroatoms. The van der Waals surface area contributed by atoms with Gasteiger partial charge in [-0.3, -0.25) is 5.10 Å². The first-order valence-corrected chi connectivity index (χ1v) is 4.32. The van der Waals surface area contributed by atoms with E-state index in [-0.39, 0.29) is 0 Å². The fraction of sp³-hybridized carbons (Fsp3) is 0.625. The summed E-state index contributed by atoms with van der Waals surface area (Å²) >= 11 is 0. The molecule has 1 aromatic rings. The third kappa shape index (κ3) is 3.50. The first kappa shape index (κ1) is 9.22. The molecule has 68 valence electrons. The average molecular weight is 168 g/mol. The molecule has 0 saturated carbocycles. The Morgan fingerprint density at radius 1 is 1.50 bits per heavy atom. The van der Waals surface area contributed by atoms with Crippen LogP contribution in [0.1, 0.15) is 12.1 Å². The van der Waals surface area contributed by atoms with E-state index in [9.17, 15) is 0 Å². The smallest absolute Gasteiger partial charge is 0.0490 e. The van der Waals surface area contributed by atoms with E-state index in [0.717, 1.165) is 32.5 Å². The monoisotopic (exact) mass is 168 g/mol. The van der Waals surface area contributed by atoms with E-state index in [1.165, 1.54) is 5.69 Å². The Hall–Kier alpha value is -0.870. The zero-order valence-electron chi connectivity index (χ0n) is 7.21. The lowest BCUT2D eigenvalue weighted by Crippen LogP contribution is -2.20. The van der Waals surface area contributed by atoms with Crippen molar-refractivity contribution in [1.29, 1.82) is 0 Å². The lowest BCUT2D eigenvalue weighted by molar-refractivity contribution is 0.648. The quantitative estimate of drug-likeness (QED) is 0.519. The summed E-state index contributed by atoms with van der Waals surface area (Å²) in [6.45, 7) is 2.75. The first-order chi connectivity index (χ1) is 5.93. The van der Waals surface area contributed by atoms with E-state index in [2.05, 4.69) is 15.5 Å². The van der Waals surface area contributed by atoms with Crippen molar-refractivity contribution in [1.82, 2.24) is 15.5 Å². The Kier molecular flexibility index (Phi) is 4.41. The Morgan fingerprint density at radius 3 is 3.08 bits per heavy atom. The molecule has 0 unspecified atom stereocenters. The van der Waals surface area contributed by atoms with Crippen LogP contribution in [-0.2, 0) is 6.42 Å². The number of rotatable bonds is 6. The van der Waals surface area contributed by atoms with Gasteiger partial charge >= 0.3 is 0 Å². The summed E-state index contributed by atoms with van der Waals surface area (Å²) in [7, 11) is 0. The summed E-state index contributed by atoms with van der Waals surface area (Å²) in [4.78, 5) is 0. The third-order valence-electron chi connectivity index (χ3n) is 1.69. The van der Waals surface area contributed by atoms with Crippen LogP contribution in [0.4, 0.5) is 0 Å². The minimum Gasteiger partial charge on any atom is -0.330 e. The standard InChI is InChI=1S/C8H16N4/c9-4-1-5-10-6-2-8-3-7-11-12-8/h3,7,10H,1-2,4-6,9H2,(H,11,12). The molecular weight excluding hydrogens is 152 g/mol. The lowest BCUT2D eigenvalue weighted by Gasteiger charge is -2.00. The van der Waals surface area contributed by atoms with Crippen molar-refractivity contribution in [2.45, 2.75) is 12.8 Å². The van der Waals surface area contributed by atoms with Gasteiger partial charge in [-0.2, -0.15) is 5.10 Å².